The maximum absolute atomic E-state index is 5.82. The molecule has 0 aromatic heterocycles. The molecule has 0 aliphatic carbocycles. The van der Waals surface area contributed by atoms with Gasteiger partial charge in [-0.15, -0.1) is 0 Å². The number of aliphatic imine (C=N–C) groups is 1. The van der Waals surface area contributed by atoms with E-state index in [1.54, 1.807) is 0 Å². The molecule has 6 heteroatoms. The van der Waals surface area contributed by atoms with Crippen LogP contribution in [0.1, 0.15) is 12.8 Å². The molecule has 2 atom stereocenters. The van der Waals surface area contributed by atoms with E-state index in [0.717, 1.165) is 45.7 Å². The van der Waals surface area contributed by atoms with Gasteiger partial charge in [-0.2, -0.15) is 0 Å². The summed E-state index contributed by atoms with van der Waals surface area (Å²) in [5.74, 6) is 0.488. The molecule has 2 unspecified atom stereocenters. The third kappa shape index (κ3) is 4.44. The molecule has 2 saturated heterocycles. The summed E-state index contributed by atoms with van der Waals surface area (Å²) in [6.07, 6.45) is 2.70. The first kappa shape index (κ1) is 13.6. The van der Waals surface area contributed by atoms with Crippen LogP contribution in [0, 0.1) is 0 Å². The molecule has 18 heavy (non-hydrogen) atoms. The van der Waals surface area contributed by atoms with Crippen LogP contribution in [0.4, 0.5) is 0 Å². The molecule has 2 fully saturated rings. The monoisotopic (exact) mass is 256 g/mol. The van der Waals surface area contributed by atoms with Gasteiger partial charge in [-0.3, -0.25) is 4.99 Å². The lowest BCUT2D eigenvalue weighted by atomic mass is 10.2. The lowest BCUT2D eigenvalue weighted by Crippen LogP contribution is -2.42. The number of nitrogens with two attached hydrogens (primary N) is 1. The fraction of sp³-hybridized carbons (Fsp3) is 0.917. The van der Waals surface area contributed by atoms with E-state index in [2.05, 4.69) is 22.3 Å². The highest BCUT2D eigenvalue weighted by atomic mass is 16.5. The maximum Gasteiger partial charge on any atom is 0.188 e. The topological polar surface area (TPSA) is 72.1 Å². The lowest BCUT2D eigenvalue weighted by molar-refractivity contribution is -0.0136. The molecule has 0 saturated carbocycles. The number of likely N-dealkylation sites (N-methyl/N-ethyl adjacent to an activating group) is 1. The predicted octanol–water partition coefficient (Wildman–Crippen LogP) is -0.600. The average molecular weight is 256 g/mol. The number of ether oxygens (including phenoxy) is 2. The van der Waals surface area contributed by atoms with E-state index < -0.39 is 0 Å². The third-order valence-corrected chi connectivity index (χ3v) is 3.34. The highest BCUT2D eigenvalue weighted by Gasteiger charge is 2.17. The van der Waals surface area contributed by atoms with Crippen LogP contribution in [0.15, 0.2) is 4.99 Å². The van der Waals surface area contributed by atoms with Gasteiger partial charge in [0.15, 0.2) is 5.96 Å². The first-order valence-corrected chi connectivity index (χ1v) is 6.69. The second kappa shape index (κ2) is 6.92. The number of nitrogens with one attached hydrogen (secondary N) is 1. The zero-order valence-electron chi connectivity index (χ0n) is 11.1. The quantitative estimate of drug-likeness (QED) is 0.519. The molecule has 104 valence electrons. The zero-order chi connectivity index (χ0) is 12.8. The Morgan fingerprint density at radius 1 is 1.39 bits per heavy atom. The summed E-state index contributed by atoms with van der Waals surface area (Å²) in [4.78, 5) is 6.57. The summed E-state index contributed by atoms with van der Waals surface area (Å²) >= 11 is 0. The van der Waals surface area contributed by atoms with E-state index >= 15 is 0 Å². The Hall–Kier alpha value is -0.850. The van der Waals surface area contributed by atoms with Crippen molar-refractivity contribution in [2.24, 2.45) is 10.7 Å². The van der Waals surface area contributed by atoms with Gasteiger partial charge >= 0.3 is 0 Å². The van der Waals surface area contributed by atoms with E-state index in [1.807, 2.05) is 0 Å². The van der Waals surface area contributed by atoms with Gasteiger partial charge in [0.1, 0.15) is 0 Å². The Morgan fingerprint density at radius 3 is 2.94 bits per heavy atom. The molecule has 0 aromatic carbocycles. The average Bonchev–Trinajstić information content (AvgIpc) is 2.87. The van der Waals surface area contributed by atoms with Gasteiger partial charge in [-0.1, -0.05) is 0 Å². The summed E-state index contributed by atoms with van der Waals surface area (Å²) < 4.78 is 11.1. The van der Waals surface area contributed by atoms with E-state index in [9.17, 15) is 0 Å². The van der Waals surface area contributed by atoms with Gasteiger partial charge in [-0.05, 0) is 19.9 Å². The molecular formula is C12H24N4O2. The zero-order valence-corrected chi connectivity index (χ0v) is 11.1. The van der Waals surface area contributed by atoms with Crippen LogP contribution in [0.3, 0.4) is 0 Å². The summed E-state index contributed by atoms with van der Waals surface area (Å²) in [5, 5.41) is 3.11. The lowest BCUT2D eigenvalue weighted by Gasteiger charge is -2.29. The van der Waals surface area contributed by atoms with Crippen molar-refractivity contribution in [2.45, 2.75) is 25.0 Å². The number of rotatable bonds is 4. The fourth-order valence-corrected chi connectivity index (χ4v) is 2.26. The van der Waals surface area contributed by atoms with E-state index in [-0.39, 0.29) is 12.2 Å². The molecule has 0 bridgehead atoms. The van der Waals surface area contributed by atoms with Crippen LogP contribution in [-0.2, 0) is 9.47 Å². The first-order valence-electron chi connectivity index (χ1n) is 6.69. The molecule has 2 aliphatic rings. The SMILES string of the molecule is CN1CCOC(CN=C(N)NCC2CCCO2)C1. The van der Waals surface area contributed by atoms with Crippen molar-refractivity contribution in [3.05, 3.63) is 0 Å². The van der Waals surface area contributed by atoms with Gasteiger partial charge in [0, 0.05) is 26.2 Å². The number of nitrogens with zero attached hydrogens (tertiary/aromatic N) is 2. The molecule has 0 aromatic rings. The Balaban J connectivity index is 1.64. The molecule has 0 radical (unpaired) electrons. The largest absolute Gasteiger partial charge is 0.376 e. The van der Waals surface area contributed by atoms with Crippen LogP contribution in [0.25, 0.3) is 0 Å². The molecule has 3 N–H and O–H groups in total. The molecule has 0 spiro atoms. The Bertz CT molecular complexity index is 279. The first-order chi connectivity index (χ1) is 8.74. The van der Waals surface area contributed by atoms with Crippen LogP contribution >= 0.6 is 0 Å². The van der Waals surface area contributed by atoms with E-state index in [4.69, 9.17) is 15.2 Å². The van der Waals surface area contributed by atoms with Crippen molar-refractivity contribution in [1.29, 1.82) is 0 Å². The van der Waals surface area contributed by atoms with Gasteiger partial charge < -0.3 is 25.4 Å². The van der Waals surface area contributed by atoms with Crippen molar-refractivity contribution >= 4 is 5.96 Å². The molecule has 2 heterocycles. The highest BCUT2D eigenvalue weighted by molar-refractivity contribution is 5.77. The molecule has 2 aliphatic heterocycles. The molecule has 0 amide bonds. The van der Waals surface area contributed by atoms with Crippen molar-refractivity contribution in [2.75, 3.05) is 46.4 Å². The van der Waals surface area contributed by atoms with Crippen molar-refractivity contribution in [1.82, 2.24) is 10.2 Å². The standard InChI is InChI=1S/C12H24N4O2/c1-16-4-6-18-11(9-16)8-15-12(13)14-7-10-3-2-5-17-10/h10-11H,2-9H2,1H3,(H3,13,14,15). The van der Waals surface area contributed by atoms with Crippen LogP contribution in [-0.4, -0.2) is 69.5 Å². The van der Waals surface area contributed by atoms with Crippen LogP contribution < -0.4 is 11.1 Å². The fourth-order valence-electron chi connectivity index (χ4n) is 2.26. The number of morpholine rings is 1. The molecule has 2 rings (SSSR count). The van der Waals surface area contributed by atoms with E-state index in [1.165, 1.54) is 0 Å². The number of hydrogen-bond acceptors (Lipinski definition) is 4. The normalized spacial score (nSPS) is 30.6. The third-order valence-electron chi connectivity index (χ3n) is 3.34. The van der Waals surface area contributed by atoms with Crippen LogP contribution in [0.5, 0.6) is 0 Å². The summed E-state index contributed by atoms with van der Waals surface area (Å²) in [6.45, 7) is 4.93. The Morgan fingerprint density at radius 2 is 2.22 bits per heavy atom. The van der Waals surface area contributed by atoms with Gasteiger partial charge in [0.05, 0.1) is 25.4 Å². The van der Waals surface area contributed by atoms with Crippen LogP contribution in [0.2, 0.25) is 0 Å². The number of guanidine groups is 1. The maximum atomic E-state index is 5.82. The Labute approximate surface area is 109 Å². The number of hydrogen-bond donors (Lipinski definition) is 2. The highest BCUT2D eigenvalue weighted by Crippen LogP contribution is 2.10. The van der Waals surface area contributed by atoms with Crippen molar-refractivity contribution in [3.63, 3.8) is 0 Å². The van der Waals surface area contributed by atoms with Crippen molar-refractivity contribution in [3.8, 4) is 0 Å². The molecule has 6 nitrogen and oxygen atoms in total. The minimum Gasteiger partial charge on any atom is -0.376 e. The minimum absolute atomic E-state index is 0.159. The van der Waals surface area contributed by atoms with Gasteiger partial charge in [0.25, 0.3) is 0 Å². The molecular weight excluding hydrogens is 232 g/mol. The second-order valence-corrected chi connectivity index (χ2v) is 5.00. The minimum atomic E-state index is 0.159. The summed E-state index contributed by atoms with van der Waals surface area (Å²) in [7, 11) is 2.10. The van der Waals surface area contributed by atoms with Gasteiger partial charge in [-0.25, -0.2) is 0 Å². The van der Waals surface area contributed by atoms with E-state index in [0.29, 0.717) is 12.5 Å². The van der Waals surface area contributed by atoms with Gasteiger partial charge in [0.2, 0.25) is 0 Å². The Kier molecular flexibility index (Phi) is 5.22. The summed E-state index contributed by atoms with van der Waals surface area (Å²) in [6, 6.07) is 0. The predicted molar refractivity (Wildman–Crippen MR) is 70.7 cm³/mol. The second-order valence-electron chi connectivity index (χ2n) is 5.00. The van der Waals surface area contributed by atoms with Crippen molar-refractivity contribution < 1.29 is 9.47 Å². The smallest absolute Gasteiger partial charge is 0.188 e. The summed E-state index contributed by atoms with van der Waals surface area (Å²) in [5.41, 5.74) is 5.82.